The van der Waals surface area contributed by atoms with Crippen molar-refractivity contribution in [3.63, 3.8) is 0 Å². The van der Waals surface area contributed by atoms with Gasteiger partial charge in [0.05, 0.1) is 6.10 Å². The molecule has 3 atom stereocenters. The largest absolute Gasteiger partial charge is 0.386 e. The second-order valence-electron chi connectivity index (χ2n) is 3.38. The zero-order valence-corrected chi connectivity index (χ0v) is 8.72. The van der Waals surface area contributed by atoms with Crippen LogP contribution in [0.25, 0.3) is 0 Å². The van der Waals surface area contributed by atoms with E-state index in [0.717, 1.165) is 6.54 Å². The first-order chi connectivity index (χ1) is 5.46. The Balaban J connectivity index is 4.16. The van der Waals surface area contributed by atoms with E-state index in [4.69, 9.17) is 4.74 Å². The van der Waals surface area contributed by atoms with Crippen LogP contribution in [0.15, 0.2) is 0 Å². The van der Waals surface area contributed by atoms with E-state index in [1.165, 1.54) is 0 Å². The van der Waals surface area contributed by atoms with Crippen LogP contribution >= 0.6 is 0 Å². The lowest BCUT2D eigenvalue weighted by atomic mass is 9.92. The van der Waals surface area contributed by atoms with Crippen molar-refractivity contribution in [2.24, 2.45) is 0 Å². The van der Waals surface area contributed by atoms with E-state index in [9.17, 15) is 5.11 Å². The average Bonchev–Trinajstić information content (AvgIpc) is 2.03. The van der Waals surface area contributed by atoms with Crippen molar-refractivity contribution in [2.75, 3.05) is 13.7 Å². The van der Waals surface area contributed by atoms with E-state index < -0.39 is 5.60 Å². The fourth-order valence-corrected chi connectivity index (χ4v) is 1.10. The predicted molar refractivity (Wildman–Crippen MR) is 50.2 cm³/mol. The van der Waals surface area contributed by atoms with Crippen molar-refractivity contribution in [3.8, 4) is 0 Å². The van der Waals surface area contributed by atoms with Crippen molar-refractivity contribution in [1.29, 1.82) is 0 Å². The van der Waals surface area contributed by atoms with Gasteiger partial charge in [0.25, 0.3) is 0 Å². The van der Waals surface area contributed by atoms with Crippen LogP contribution in [0.3, 0.4) is 0 Å². The van der Waals surface area contributed by atoms with Gasteiger partial charge in [-0.2, -0.15) is 0 Å². The lowest BCUT2D eigenvalue weighted by Gasteiger charge is -2.35. The third-order valence-corrected chi connectivity index (χ3v) is 2.56. The molecule has 0 aliphatic heterocycles. The van der Waals surface area contributed by atoms with Gasteiger partial charge in [0.15, 0.2) is 0 Å². The normalized spacial score (nSPS) is 21.5. The molecule has 0 amide bonds. The molecule has 0 saturated heterocycles. The van der Waals surface area contributed by atoms with Crippen molar-refractivity contribution < 1.29 is 9.84 Å². The second kappa shape index (κ2) is 4.80. The number of ether oxygens (including phenoxy) is 1. The Morgan fingerprint density at radius 3 is 2.33 bits per heavy atom. The van der Waals surface area contributed by atoms with Crippen molar-refractivity contribution in [1.82, 2.24) is 5.32 Å². The fourth-order valence-electron chi connectivity index (χ4n) is 1.10. The summed E-state index contributed by atoms with van der Waals surface area (Å²) >= 11 is 0. The van der Waals surface area contributed by atoms with Gasteiger partial charge in [0.1, 0.15) is 5.60 Å². The first-order valence-electron chi connectivity index (χ1n) is 4.45. The van der Waals surface area contributed by atoms with Crippen LogP contribution < -0.4 is 5.32 Å². The van der Waals surface area contributed by atoms with Crippen LogP contribution in [-0.4, -0.2) is 36.5 Å². The maximum absolute atomic E-state index is 10.00. The molecular formula is C9H21NO2. The third kappa shape index (κ3) is 2.73. The molecule has 3 heteroatoms. The molecule has 0 aromatic rings. The number of methoxy groups -OCH3 is 1. The molecule has 0 radical (unpaired) electrons. The van der Waals surface area contributed by atoms with E-state index in [2.05, 4.69) is 5.32 Å². The first kappa shape index (κ1) is 11.9. The van der Waals surface area contributed by atoms with Gasteiger partial charge in [-0.05, 0) is 27.3 Å². The van der Waals surface area contributed by atoms with Crippen molar-refractivity contribution in [2.45, 2.75) is 45.4 Å². The summed E-state index contributed by atoms with van der Waals surface area (Å²) in [6.45, 7) is 8.49. The molecule has 2 N–H and O–H groups in total. The third-order valence-electron chi connectivity index (χ3n) is 2.56. The second-order valence-corrected chi connectivity index (χ2v) is 3.38. The van der Waals surface area contributed by atoms with E-state index in [1.807, 2.05) is 20.8 Å². The summed E-state index contributed by atoms with van der Waals surface area (Å²) in [6, 6.07) is 0.0393. The number of likely N-dealkylation sites (N-methyl/N-ethyl adjacent to an activating group) is 1. The highest BCUT2D eigenvalue weighted by Gasteiger charge is 2.34. The highest BCUT2D eigenvalue weighted by molar-refractivity contribution is 4.89. The molecule has 0 aliphatic carbocycles. The first-order valence-corrected chi connectivity index (χ1v) is 4.45. The maximum Gasteiger partial charge on any atom is 0.103 e. The molecule has 0 saturated carbocycles. The van der Waals surface area contributed by atoms with Gasteiger partial charge in [-0.15, -0.1) is 0 Å². The highest BCUT2D eigenvalue weighted by atomic mass is 16.5. The quantitative estimate of drug-likeness (QED) is 0.648. The summed E-state index contributed by atoms with van der Waals surface area (Å²) in [7, 11) is 1.61. The monoisotopic (exact) mass is 175 g/mol. The van der Waals surface area contributed by atoms with Crippen LogP contribution in [0.4, 0.5) is 0 Å². The van der Waals surface area contributed by atoms with Crippen LogP contribution in [0.2, 0.25) is 0 Å². The number of hydrogen-bond donors (Lipinski definition) is 2. The zero-order valence-electron chi connectivity index (χ0n) is 8.72. The molecule has 0 aliphatic rings. The van der Waals surface area contributed by atoms with Gasteiger partial charge < -0.3 is 15.2 Å². The summed E-state index contributed by atoms with van der Waals surface area (Å²) < 4.78 is 5.09. The summed E-state index contributed by atoms with van der Waals surface area (Å²) in [4.78, 5) is 0. The van der Waals surface area contributed by atoms with Gasteiger partial charge >= 0.3 is 0 Å². The Labute approximate surface area is 75.1 Å². The Hall–Kier alpha value is -0.120. The van der Waals surface area contributed by atoms with Gasteiger partial charge in [0, 0.05) is 13.2 Å². The van der Waals surface area contributed by atoms with Crippen LogP contribution in [0, 0.1) is 0 Å². The Bertz CT molecular complexity index is 126. The molecule has 0 spiro atoms. The molecule has 0 aromatic heterocycles. The Morgan fingerprint density at radius 1 is 1.50 bits per heavy atom. The van der Waals surface area contributed by atoms with Crippen molar-refractivity contribution >= 4 is 0 Å². The number of rotatable bonds is 5. The molecule has 3 nitrogen and oxygen atoms in total. The lowest BCUT2D eigenvalue weighted by Crippen LogP contribution is -2.54. The van der Waals surface area contributed by atoms with Crippen molar-refractivity contribution in [3.05, 3.63) is 0 Å². The number of aliphatic hydroxyl groups is 1. The molecule has 0 bridgehead atoms. The number of nitrogens with one attached hydrogen (secondary N) is 1. The molecule has 74 valence electrons. The Kier molecular flexibility index (Phi) is 4.75. The van der Waals surface area contributed by atoms with Gasteiger partial charge in [0.2, 0.25) is 0 Å². The molecule has 0 rings (SSSR count). The lowest BCUT2D eigenvalue weighted by molar-refractivity contribution is -0.0902. The minimum Gasteiger partial charge on any atom is -0.386 e. The molecule has 3 unspecified atom stereocenters. The maximum atomic E-state index is 10.00. The minimum absolute atomic E-state index is 0.0393. The zero-order chi connectivity index (χ0) is 9.78. The molecule has 0 aromatic carbocycles. The molecule has 0 heterocycles. The summed E-state index contributed by atoms with van der Waals surface area (Å²) in [5, 5.41) is 13.2. The van der Waals surface area contributed by atoms with Crippen LogP contribution in [-0.2, 0) is 4.74 Å². The van der Waals surface area contributed by atoms with E-state index >= 15 is 0 Å². The SMILES string of the molecule is CCNC(C)C(C)(O)C(C)OC. The summed E-state index contributed by atoms with van der Waals surface area (Å²) in [5.74, 6) is 0. The van der Waals surface area contributed by atoms with E-state index in [1.54, 1.807) is 14.0 Å². The molecule has 0 fully saturated rings. The summed E-state index contributed by atoms with van der Waals surface area (Å²) in [6.07, 6.45) is -0.161. The smallest absolute Gasteiger partial charge is 0.103 e. The average molecular weight is 175 g/mol. The predicted octanol–water partition coefficient (Wildman–Crippen LogP) is 0.770. The minimum atomic E-state index is -0.815. The summed E-state index contributed by atoms with van der Waals surface area (Å²) in [5.41, 5.74) is -0.815. The van der Waals surface area contributed by atoms with Gasteiger partial charge in [-0.3, -0.25) is 0 Å². The van der Waals surface area contributed by atoms with E-state index in [-0.39, 0.29) is 12.1 Å². The molecular weight excluding hydrogens is 154 g/mol. The van der Waals surface area contributed by atoms with Gasteiger partial charge in [-0.1, -0.05) is 6.92 Å². The van der Waals surface area contributed by atoms with E-state index in [0.29, 0.717) is 0 Å². The highest BCUT2D eigenvalue weighted by Crippen LogP contribution is 2.16. The number of hydrogen-bond acceptors (Lipinski definition) is 3. The molecule has 12 heavy (non-hydrogen) atoms. The van der Waals surface area contributed by atoms with Gasteiger partial charge in [-0.25, -0.2) is 0 Å². The fraction of sp³-hybridized carbons (Fsp3) is 1.00. The Morgan fingerprint density at radius 2 is 2.00 bits per heavy atom. The topological polar surface area (TPSA) is 41.5 Å². The standard InChI is InChI=1S/C9H21NO2/c1-6-10-7(2)9(4,11)8(3)12-5/h7-8,10-11H,6H2,1-5H3. The van der Waals surface area contributed by atoms with Crippen LogP contribution in [0.1, 0.15) is 27.7 Å². The van der Waals surface area contributed by atoms with Crippen LogP contribution in [0.5, 0.6) is 0 Å².